The number of hydrogen-bond acceptors (Lipinski definition) is 1. The fourth-order valence-corrected chi connectivity index (χ4v) is 2.02. The second-order valence-corrected chi connectivity index (χ2v) is 4.53. The van der Waals surface area contributed by atoms with Crippen LogP contribution in [0.5, 0.6) is 0 Å². The van der Waals surface area contributed by atoms with Gasteiger partial charge in [-0.2, -0.15) is 0 Å². The maximum absolute atomic E-state index is 11.1. The first kappa shape index (κ1) is 8.95. The van der Waals surface area contributed by atoms with Crippen LogP contribution in [0.4, 0.5) is 0 Å². The highest BCUT2D eigenvalue weighted by atomic mass is 79.9. The summed E-state index contributed by atoms with van der Waals surface area (Å²) in [6, 6.07) is 8.26. The lowest BCUT2D eigenvalue weighted by Crippen LogP contribution is -2.32. The molecule has 0 amide bonds. The molecule has 0 heterocycles. The minimum Gasteiger partial charge on any atom is -0.299 e. The van der Waals surface area contributed by atoms with E-state index in [9.17, 15) is 4.79 Å². The van der Waals surface area contributed by atoms with Crippen LogP contribution < -0.4 is 0 Å². The normalized spacial score (nSPS) is 27.1. The van der Waals surface area contributed by atoms with Gasteiger partial charge in [-0.3, -0.25) is 4.79 Å². The van der Waals surface area contributed by atoms with Gasteiger partial charge in [-0.25, -0.2) is 0 Å². The maximum Gasteiger partial charge on any atom is 0.136 e. The zero-order valence-corrected chi connectivity index (χ0v) is 9.04. The van der Waals surface area contributed by atoms with Gasteiger partial charge in [0.05, 0.1) is 0 Å². The van der Waals surface area contributed by atoms with Crippen LogP contribution in [0.2, 0.25) is 0 Å². The van der Waals surface area contributed by atoms with E-state index >= 15 is 0 Å². The number of carbonyl (C=O) groups is 1. The minimum absolute atomic E-state index is 0.223. The van der Waals surface area contributed by atoms with Crippen LogP contribution in [0, 0.1) is 5.92 Å². The number of Topliss-reactive ketones (excluding diaryl/α,β-unsaturated/α-hetero) is 1. The first-order chi connectivity index (χ1) is 6.18. The highest BCUT2D eigenvalue weighted by Crippen LogP contribution is 2.39. The van der Waals surface area contributed by atoms with Crippen molar-refractivity contribution in [1.29, 1.82) is 0 Å². The van der Waals surface area contributed by atoms with E-state index in [-0.39, 0.29) is 5.92 Å². The van der Waals surface area contributed by atoms with Gasteiger partial charge in [-0.05, 0) is 17.7 Å². The molecule has 0 aliphatic heterocycles. The number of carbonyl (C=O) groups excluding carboxylic acids is 1. The molecule has 2 heteroatoms. The van der Waals surface area contributed by atoms with Crippen molar-refractivity contribution < 1.29 is 4.79 Å². The Bertz CT molecular complexity index is 328. The second kappa shape index (κ2) is 3.26. The summed E-state index contributed by atoms with van der Waals surface area (Å²) in [6.07, 6.45) is 0.725. The van der Waals surface area contributed by atoms with Gasteiger partial charge in [0.25, 0.3) is 0 Å². The fourth-order valence-electron chi connectivity index (χ4n) is 1.76. The Morgan fingerprint density at radius 3 is 2.38 bits per heavy atom. The third-order valence-corrected chi connectivity index (χ3v) is 3.36. The molecule has 0 bridgehead atoms. The van der Waals surface area contributed by atoms with E-state index in [0.717, 1.165) is 10.9 Å². The molecule has 0 saturated heterocycles. The van der Waals surface area contributed by atoms with Crippen molar-refractivity contribution in [3.8, 4) is 0 Å². The highest BCUT2D eigenvalue weighted by molar-refractivity contribution is 9.10. The van der Waals surface area contributed by atoms with E-state index < -0.39 is 0 Å². The van der Waals surface area contributed by atoms with E-state index in [1.807, 2.05) is 19.1 Å². The Kier molecular flexibility index (Phi) is 2.24. The molecular weight excluding hydrogens is 228 g/mol. The van der Waals surface area contributed by atoms with Crippen LogP contribution in [0.15, 0.2) is 28.7 Å². The minimum atomic E-state index is 0.223. The smallest absolute Gasteiger partial charge is 0.136 e. The third-order valence-electron chi connectivity index (χ3n) is 2.83. The summed E-state index contributed by atoms with van der Waals surface area (Å²) in [7, 11) is 0. The average molecular weight is 239 g/mol. The SMILES string of the molecule is CC1C(=O)CC1c1ccc(Br)cc1. The Labute approximate surface area is 86.3 Å². The molecule has 1 nitrogen and oxygen atoms in total. The van der Waals surface area contributed by atoms with Crippen LogP contribution in [-0.2, 0) is 4.79 Å². The largest absolute Gasteiger partial charge is 0.299 e. The van der Waals surface area contributed by atoms with Gasteiger partial charge < -0.3 is 0 Å². The molecule has 2 rings (SSSR count). The van der Waals surface area contributed by atoms with Crippen molar-refractivity contribution in [2.75, 3.05) is 0 Å². The van der Waals surface area contributed by atoms with E-state index in [1.54, 1.807) is 0 Å². The Hall–Kier alpha value is -0.630. The molecule has 68 valence electrons. The number of rotatable bonds is 1. The zero-order valence-electron chi connectivity index (χ0n) is 7.46. The zero-order chi connectivity index (χ0) is 9.42. The Balaban J connectivity index is 2.18. The predicted molar refractivity (Wildman–Crippen MR) is 55.7 cm³/mol. The molecule has 13 heavy (non-hydrogen) atoms. The van der Waals surface area contributed by atoms with Crippen molar-refractivity contribution in [3.63, 3.8) is 0 Å². The van der Waals surface area contributed by atoms with Crippen LogP contribution in [-0.4, -0.2) is 5.78 Å². The topological polar surface area (TPSA) is 17.1 Å². The first-order valence-corrected chi connectivity index (χ1v) is 5.26. The molecule has 0 radical (unpaired) electrons. The van der Waals surface area contributed by atoms with Crippen LogP contribution in [0.1, 0.15) is 24.8 Å². The van der Waals surface area contributed by atoms with Gasteiger partial charge in [0.2, 0.25) is 0 Å². The molecule has 1 saturated carbocycles. The summed E-state index contributed by atoms with van der Waals surface area (Å²) >= 11 is 3.39. The van der Waals surface area contributed by atoms with Gasteiger partial charge >= 0.3 is 0 Å². The molecule has 1 aromatic carbocycles. The third kappa shape index (κ3) is 1.55. The molecule has 1 aliphatic carbocycles. The van der Waals surface area contributed by atoms with E-state index in [1.165, 1.54) is 5.56 Å². The monoisotopic (exact) mass is 238 g/mol. The summed E-state index contributed by atoms with van der Waals surface area (Å²) < 4.78 is 1.09. The number of hydrogen-bond donors (Lipinski definition) is 0. The van der Waals surface area contributed by atoms with Crippen molar-refractivity contribution in [2.24, 2.45) is 5.92 Å². The van der Waals surface area contributed by atoms with E-state index in [2.05, 4.69) is 28.1 Å². The first-order valence-electron chi connectivity index (χ1n) is 4.46. The van der Waals surface area contributed by atoms with Gasteiger partial charge in [-0.1, -0.05) is 35.0 Å². The molecule has 1 aliphatic rings. The van der Waals surface area contributed by atoms with Crippen LogP contribution >= 0.6 is 15.9 Å². The van der Waals surface area contributed by atoms with Gasteiger partial charge in [0.1, 0.15) is 5.78 Å². The maximum atomic E-state index is 11.1. The van der Waals surface area contributed by atoms with Gasteiger partial charge in [-0.15, -0.1) is 0 Å². The molecule has 1 fully saturated rings. The number of ketones is 1. The quantitative estimate of drug-likeness (QED) is 0.735. The average Bonchev–Trinajstić information content (AvgIpc) is 2.15. The van der Waals surface area contributed by atoms with Crippen molar-refractivity contribution in [3.05, 3.63) is 34.3 Å². The van der Waals surface area contributed by atoms with Crippen molar-refractivity contribution >= 4 is 21.7 Å². The molecule has 2 atom stereocenters. The summed E-state index contributed by atoms with van der Waals surface area (Å²) in [5.41, 5.74) is 1.29. The van der Waals surface area contributed by atoms with Crippen LogP contribution in [0.25, 0.3) is 0 Å². The fraction of sp³-hybridized carbons (Fsp3) is 0.364. The summed E-state index contributed by atoms with van der Waals surface area (Å²) in [4.78, 5) is 11.1. The van der Waals surface area contributed by atoms with E-state index in [4.69, 9.17) is 0 Å². The molecular formula is C11H11BrO. The number of benzene rings is 1. The molecule has 0 N–H and O–H groups in total. The predicted octanol–water partition coefficient (Wildman–Crippen LogP) is 3.14. The van der Waals surface area contributed by atoms with E-state index in [0.29, 0.717) is 11.7 Å². The molecule has 2 unspecified atom stereocenters. The van der Waals surface area contributed by atoms with Crippen molar-refractivity contribution in [1.82, 2.24) is 0 Å². The lowest BCUT2D eigenvalue weighted by atomic mass is 9.70. The van der Waals surface area contributed by atoms with Crippen molar-refractivity contribution in [2.45, 2.75) is 19.3 Å². The number of halogens is 1. The van der Waals surface area contributed by atoms with Crippen LogP contribution in [0.3, 0.4) is 0 Å². The lowest BCUT2D eigenvalue weighted by molar-refractivity contribution is -0.130. The second-order valence-electron chi connectivity index (χ2n) is 3.62. The molecule has 1 aromatic rings. The Morgan fingerprint density at radius 2 is 1.92 bits per heavy atom. The summed E-state index contributed by atoms with van der Waals surface area (Å²) in [5.74, 6) is 1.08. The summed E-state index contributed by atoms with van der Waals surface area (Å²) in [6.45, 7) is 2.01. The standard InChI is InChI=1S/C11H11BrO/c1-7-10(6-11(7)13)8-2-4-9(12)5-3-8/h2-5,7,10H,6H2,1H3. The van der Waals surface area contributed by atoms with Gasteiger partial charge in [0.15, 0.2) is 0 Å². The van der Waals surface area contributed by atoms with Gasteiger partial charge in [0, 0.05) is 22.7 Å². The molecule has 0 aromatic heterocycles. The lowest BCUT2D eigenvalue weighted by Gasteiger charge is -2.32. The summed E-state index contributed by atoms with van der Waals surface area (Å²) in [5, 5.41) is 0. The molecule has 0 spiro atoms. The highest BCUT2D eigenvalue weighted by Gasteiger charge is 2.36. The Morgan fingerprint density at radius 1 is 1.31 bits per heavy atom.